The third kappa shape index (κ3) is 11.5. The molecule has 27 atom stereocenters. The summed E-state index contributed by atoms with van der Waals surface area (Å²) in [5.41, 5.74) is 11.6. The molecule has 18 rings (SSSR count). The minimum Gasteiger partial charge on any atom is -0.394 e. The first-order valence-electron chi connectivity index (χ1n) is 36.2. The summed E-state index contributed by atoms with van der Waals surface area (Å²) in [5.74, 6) is -4.59. The Morgan fingerprint density at radius 3 is 0.798 bits per heavy atom. The van der Waals surface area contributed by atoms with Crippen LogP contribution in [0, 0.1) is 139 Å². The lowest BCUT2D eigenvalue weighted by Gasteiger charge is -2.63. The van der Waals surface area contributed by atoms with E-state index in [1.54, 1.807) is 0 Å². The lowest BCUT2D eigenvalue weighted by Crippen LogP contribution is -2.69. The van der Waals surface area contributed by atoms with E-state index in [2.05, 4.69) is 126 Å². The highest BCUT2D eigenvalue weighted by Gasteiger charge is 2.67. The van der Waals surface area contributed by atoms with E-state index in [9.17, 15) is 53.7 Å². The first-order chi connectivity index (χ1) is 43.9. The zero-order valence-corrected chi connectivity index (χ0v) is 58.0. The number of hydrogen-bond acceptors (Lipinski definition) is 13. The number of nitrogens with one attached hydrogen (secondary N) is 8. The zero-order chi connectivity index (χ0) is 68.2. The van der Waals surface area contributed by atoms with Crippen LogP contribution < -0.4 is 54.0 Å². The summed E-state index contributed by atoms with van der Waals surface area (Å²) in [6.45, 7) is 24.7. The summed E-state index contributed by atoms with van der Waals surface area (Å²) in [4.78, 5) is 128. The van der Waals surface area contributed by atoms with Crippen LogP contribution in [0.3, 0.4) is 0 Å². The van der Waals surface area contributed by atoms with E-state index in [-0.39, 0.29) is 158 Å². The van der Waals surface area contributed by atoms with Gasteiger partial charge in [-0.15, -0.1) is 0 Å². The van der Waals surface area contributed by atoms with Gasteiger partial charge in [-0.3, -0.25) is 43.2 Å². The van der Waals surface area contributed by atoms with Crippen LogP contribution in [0.15, 0.2) is 0 Å². The van der Waals surface area contributed by atoms with E-state index in [0.29, 0.717) is 43.9 Å². The van der Waals surface area contributed by atoms with Crippen molar-refractivity contribution in [3.63, 3.8) is 0 Å². The van der Waals surface area contributed by atoms with E-state index in [1.807, 2.05) is 0 Å². The van der Waals surface area contributed by atoms with Gasteiger partial charge < -0.3 is 69.3 Å². The second kappa shape index (κ2) is 24.5. The molecule has 15 N–H and O–H groups in total. The third-order valence-electron chi connectivity index (χ3n) is 30.4. The molecule has 0 aromatic rings. The quantitative estimate of drug-likeness (QED) is 0.0701. The van der Waals surface area contributed by atoms with Crippen LogP contribution >= 0.6 is 0 Å². The Kier molecular flexibility index (Phi) is 18.0. The molecule has 0 aromatic heterocycles. The molecule has 22 heteroatoms. The molecule has 18 aliphatic carbocycles. The van der Waals surface area contributed by atoms with Gasteiger partial charge in [0.1, 0.15) is 0 Å². The van der Waals surface area contributed by atoms with Gasteiger partial charge in [-0.2, -0.15) is 0 Å². The van der Waals surface area contributed by atoms with E-state index >= 15 is 4.79 Å². The predicted octanol–water partition coefficient (Wildman–Crippen LogP) is 2.92. The van der Waals surface area contributed by atoms with Crippen molar-refractivity contribution >= 4 is 53.2 Å². The van der Waals surface area contributed by atoms with Crippen molar-refractivity contribution in [3.05, 3.63) is 0 Å². The second-order valence-corrected chi connectivity index (χ2v) is 36.3. The molecule has 0 saturated heterocycles. The van der Waals surface area contributed by atoms with Gasteiger partial charge >= 0.3 is 0 Å². The SMILES string of the molecule is CC1(C)[C@@H]2C[C@H](C(=O)N[C@@H]3[C@@H](C(=O)N[C@@H](CO)CC(=O)N[C@@H]4[C@@H](C(=O)N[C@@H]5[C@@H](C(=O)N[C@@H](CO)CC(=O)N[C@@H]6[C@@H](C(=O)N[C@@H]7[C@@H](C(=O)N[C@@H](CO)CC(N)=O)C[C@@H]8C[C@H]7C8(C)C)C[C@@H]7C[C@H]6C7(C)C)C[C@@H]6C[C@H]5C6(C)C)C[C@@H]5C[C@H]4C5(C)C)C[C@@H]4C[C@H]3C4(C)C)[C@@H](N)[C@H]1C2. The van der Waals surface area contributed by atoms with E-state index in [0.717, 1.165) is 44.9 Å². The van der Waals surface area contributed by atoms with Gasteiger partial charge in [-0.1, -0.05) is 83.1 Å². The third-order valence-corrected chi connectivity index (χ3v) is 30.4. The van der Waals surface area contributed by atoms with Crippen molar-refractivity contribution in [2.24, 2.45) is 150 Å². The van der Waals surface area contributed by atoms with Gasteiger partial charge in [0.2, 0.25) is 53.2 Å². The number of carbonyl (C=O) groups is 9. The molecule has 22 nitrogen and oxygen atoms in total. The van der Waals surface area contributed by atoms with E-state index in [4.69, 9.17) is 11.5 Å². The average Bonchev–Trinajstić information content (AvgIpc) is 0.737. The monoisotopic (exact) mass is 1310 g/mol. The van der Waals surface area contributed by atoms with Crippen LogP contribution in [0.5, 0.6) is 0 Å². The number of aliphatic hydroxyl groups excluding tert-OH is 3. The van der Waals surface area contributed by atoms with Crippen molar-refractivity contribution in [3.8, 4) is 0 Å². The van der Waals surface area contributed by atoms with Crippen molar-refractivity contribution in [2.45, 2.75) is 234 Å². The lowest BCUT2D eigenvalue weighted by molar-refractivity contribution is -0.161. The molecule has 0 heterocycles. The van der Waals surface area contributed by atoms with Crippen molar-refractivity contribution in [1.82, 2.24) is 42.5 Å². The maximum Gasteiger partial charge on any atom is 0.225 e. The number of primary amides is 1. The van der Waals surface area contributed by atoms with Gasteiger partial charge in [-0.05, 0) is 181 Å². The second-order valence-electron chi connectivity index (χ2n) is 36.3. The summed E-state index contributed by atoms with van der Waals surface area (Å²) in [5, 5.41) is 56.9. The summed E-state index contributed by atoms with van der Waals surface area (Å²) < 4.78 is 0. The molecular formula is C72H114N10O12. The molecule has 0 aromatic carbocycles. The molecular weight excluding hydrogens is 1200 g/mol. The molecule has 0 radical (unpaired) electrons. The van der Waals surface area contributed by atoms with Gasteiger partial charge in [0.25, 0.3) is 0 Å². The highest BCUT2D eigenvalue weighted by molar-refractivity contribution is 5.88. The Balaban J connectivity index is 0.678. The fraction of sp³-hybridized carbons (Fsp3) is 0.875. The fourth-order valence-corrected chi connectivity index (χ4v) is 22.9. The number of carbonyl (C=O) groups excluding carboxylic acids is 9. The number of hydrogen-bond donors (Lipinski definition) is 13. The first-order valence-corrected chi connectivity index (χ1v) is 36.2. The number of aliphatic hydroxyl groups is 3. The molecule has 18 saturated carbocycles. The van der Waals surface area contributed by atoms with Crippen LogP contribution in [0.2, 0.25) is 0 Å². The Labute approximate surface area is 555 Å². The fourth-order valence-electron chi connectivity index (χ4n) is 22.9. The zero-order valence-electron chi connectivity index (χ0n) is 58.0. The standard InChI is InChI=1S/C72H114N10O12/c1-67(2)31-13-40(55(74)46(67)19-31)61(89)80-58-43(16-34-22-49(58)70(34,7)8)63(91)76-38(29-84)26-53(87)78-57-42(15-33-21-48(57)69(33,5)6)66(94)82-60-45(18-36-24-51(60)72(36,11)12)64(92)77-39(30-85)27-54(88)79-56-41(14-32-20-47(56)68(32,3)4)65(93)81-59-44(17-35-23-50(59)71(35,9)10)62(90)75-37(28-83)25-52(73)86/h31-51,55-60,83-85H,13-30,74H2,1-12H3,(H2,73,86)(H,75,90)(H,76,91)(H,77,92)(H,78,87)(H,79,88)(H,80,89)(H,81,93)(H,82,94)/t31-,32-,33-,34-,35-,36-,37-,38-,39-,40+,41+,42+,43+,44+,45+,46-,47-,48-,49-,50-,51-,55-,56-,57-,58-,59-,60-/m1/s1. The first kappa shape index (κ1) is 69.0. The van der Waals surface area contributed by atoms with E-state index < -0.39 is 115 Å². The summed E-state index contributed by atoms with van der Waals surface area (Å²) in [6, 6.07) is -5.63. The van der Waals surface area contributed by atoms with Gasteiger partial charge in [0, 0.05) is 55.5 Å². The smallest absolute Gasteiger partial charge is 0.225 e. The average molecular weight is 1310 g/mol. The van der Waals surface area contributed by atoms with Crippen LogP contribution in [-0.4, -0.2) is 143 Å². The van der Waals surface area contributed by atoms with E-state index in [1.165, 1.54) is 0 Å². The van der Waals surface area contributed by atoms with Gasteiger partial charge in [-0.25, -0.2) is 0 Å². The largest absolute Gasteiger partial charge is 0.394 e. The Hall–Kier alpha value is -4.93. The number of nitrogens with two attached hydrogens (primary N) is 2. The lowest BCUT2D eigenvalue weighted by atomic mass is 9.44. The van der Waals surface area contributed by atoms with Crippen LogP contribution in [0.25, 0.3) is 0 Å². The summed E-state index contributed by atoms with van der Waals surface area (Å²) in [7, 11) is 0. The summed E-state index contributed by atoms with van der Waals surface area (Å²) in [6.07, 6.45) is 7.91. The molecule has 524 valence electrons. The normalized spacial score (nSPS) is 42.4. The molecule has 9 amide bonds. The number of rotatable bonds is 23. The Morgan fingerprint density at radius 1 is 0.330 bits per heavy atom. The molecule has 0 aliphatic heterocycles. The Bertz CT molecular complexity index is 3040. The Morgan fingerprint density at radius 2 is 0.553 bits per heavy atom. The molecule has 94 heavy (non-hydrogen) atoms. The predicted molar refractivity (Wildman–Crippen MR) is 349 cm³/mol. The van der Waals surface area contributed by atoms with Crippen LogP contribution in [0.4, 0.5) is 0 Å². The van der Waals surface area contributed by atoms with Gasteiger partial charge in [0.15, 0.2) is 0 Å². The van der Waals surface area contributed by atoms with Crippen LogP contribution in [-0.2, 0) is 43.2 Å². The van der Waals surface area contributed by atoms with Crippen molar-refractivity contribution in [1.29, 1.82) is 0 Å². The molecule has 0 unspecified atom stereocenters. The molecule has 18 aliphatic rings. The van der Waals surface area contributed by atoms with Crippen LogP contribution in [0.1, 0.15) is 179 Å². The molecule has 0 spiro atoms. The maximum atomic E-state index is 15.1. The minimum absolute atomic E-state index is 0.00397. The maximum absolute atomic E-state index is 15.1. The van der Waals surface area contributed by atoms with Gasteiger partial charge in [0.05, 0.1) is 73.5 Å². The minimum atomic E-state index is -0.979. The number of amides is 9. The highest BCUT2D eigenvalue weighted by atomic mass is 16.3. The molecule has 18 fully saturated rings. The molecule has 12 bridgehead atoms. The topological polar surface area (TPSA) is 363 Å². The van der Waals surface area contributed by atoms with Crippen molar-refractivity contribution < 1.29 is 58.5 Å². The summed E-state index contributed by atoms with van der Waals surface area (Å²) >= 11 is 0. The highest BCUT2D eigenvalue weighted by Crippen LogP contribution is 2.66. The number of fused-ring (bicyclic) bond motifs is 12. The van der Waals surface area contributed by atoms with Crippen molar-refractivity contribution in [2.75, 3.05) is 19.8 Å².